The molecule has 1 heterocycles. The second-order valence-corrected chi connectivity index (χ2v) is 13.5. The van der Waals surface area contributed by atoms with Crippen molar-refractivity contribution in [2.45, 2.75) is 91.8 Å². The predicted molar refractivity (Wildman–Crippen MR) is 131 cm³/mol. The second-order valence-electron chi connectivity index (χ2n) is 13.5. The number of hydrogen-bond acceptors (Lipinski definition) is 4. The smallest absolute Gasteiger partial charge is 0.314 e. The van der Waals surface area contributed by atoms with E-state index in [-0.39, 0.29) is 46.1 Å². The highest BCUT2D eigenvalue weighted by molar-refractivity contribution is 5.85. The molecule has 2 bridgehead atoms. The number of fused-ring (bicyclic) bond motifs is 3. The summed E-state index contributed by atoms with van der Waals surface area (Å²) >= 11 is 0. The number of carbonyl (C=O) groups is 2. The van der Waals surface area contributed by atoms with Gasteiger partial charge in [0.2, 0.25) is 0 Å². The number of allylic oxidation sites excluding steroid dienone is 3. The molecule has 0 aromatic heterocycles. The fourth-order valence-electron chi connectivity index (χ4n) is 10.6. The summed E-state index contributed by atoms with van der Waals surface area (Å²) in [6.07, 6.45) is 12.5. The number of esters is 2. The van der Waals surface area contributed by atoms with E-state index in [9.17, 15) is 9.59 Å². The molecule has 0 aromatic rings. The Hall–Kier alpha value is -1.84. The first kappa shape index (κ1) is 22.6. The third-order valence-electron chi connectivity index (χ3n) is 11.8. The van der Waals surface area contributed by atoms with E-state index < -0.39 is 11.0 Å². The molecular formula is C30H40O4. The van der Waals surface area contributed by atoms with Crippen LogP contribution >= 0.6 is 0 Å². The van der Waals surface area contributed by atoms with E-state index in [0.717, 1.165) is 36.8 Å². The highest BCUT2D eigenvalue weighted by atomic mass is 16.6. The zero-order valence-electron chi connectivity index (χ0n) is 21.7. The van der Waals surface area contributed by atoms with Crippen molar-refractivity contribution in [2.24, 2.45) is 45.3 Å². The maximum absolute atomic E-state index is 14.2. The molecule has 1 spiro atoms. The van der Waals surface area contributed by atoms with Crippen LogP contribution in [0.15, 0.2) is 36.0 Å². The van der Waals surface area contributed by atoms with Crippen LogP contribution in [0.25, 0.3) is 0 Å². The van der Waals surface area contributed by atoms with Crippen LogP contribution in [0.3, 0.4) is 0 Å². The maximum atomic E-state index is 14.2. The Bertz CT molecular complexity index is 1070. The van der Waals surface area contributed by atoms with Crippen LogP contribution in [0.1, 0.15) is 80.1 Å². The standard InChI is InChI=1S/C30H40O4/c1-17(2)20-16-21(33-18(3)31)19-10-13-29-24(30(19,20)34-25(29)32)9-8-23-27(6)15-14-26(4,5)22(27)11-12-28(23,29)7/h10,14-15,20-24H,1,8-9,11-13,16H2,2-7H3/t20-,21?,22-,23+,24-,27-,28+,29+,30-/m0/s1. The fraction of sp³-hybridized carbons (Fsp3) is 0.733. The molecule has 1 aliphatic heterocycles. The number of carbonyl (C=O) groups excluding carboxylic acids is 2. The second kappa shape index (κ2) is 6.48. The Morgan fingerprint density at radius 3 is 2.44 bits per heavy atom. The van der Waals surface area contributed by atoms with Crippen LogP contribution in [0.5, 0.6) is 0 Å². The fourth-order valence-corrected chi connectivity index (χ4v) is 10.6. The van der Waals surface area contributed by atoms with Gasteiger partial charge in [-0.25, -0.2) is 0 Å². The molecule has 1 unspecified atom stereocenters. The molecule has 6 rings (SSSR count). The van der Waals surface area contributed by atoms with Gasteiger partial charge in [-0.1, -0.05) is 58.1 Å². The summed E-state index contributed by atoms with van der Waals surface area (Å²) < 4.78 is 12.4. The molecule has 4 nitrogen and oxygen atoms in total. The molecule has 3 saturated carbocycles. The summed E-state index contributed by atoms with van der Waals surface area (Å²) in [4.78, 5) is 26.2. The van der Waals surface area contributed by atoms with E-state index in [0.29, 0.717) is 24.7 Å². The molecule has 0 radical (unpaired) electrons. The van der Waals surface area contributed by atoms with E-state index in [1.165, 1.54) is 6.92 Å². The monoisotopic (exact) mass is 464 g/mol. The van der Waals surface area contributed by atoms with Crippen LogP contribution in [0.4, 0.5) is 0 Å². The summed E-state index contributed by atoms with van der Waals surface area (Å²) in [5, 5.41) is 0. The summed E-state index contributed by atoms with van der Waals surface area (Å²) in [7, 11) is 0. The highest BCUT2D eigenvalue weighted by Gasteiger charge is 2.81. The van der Waals surface area contributed by atoms with Crippen molar-refractivity contribution in [2.75, 3.05) is 0 Å². The van der Waals surface area contributed by atoms with Crippen LogP contribution in [0.2, 0.25) is 0 Å². The lowest BCUT2D eigenvalue weighted by Crippen LogP contribution is -2.64. The molecular weight excluding hydrogens is 424 g/mol. The Balaban J connectivity index is 1.50. The van der Waals surface area contributed by atoms with Crippen molar-refractivity contribution in [1.29, 1.82) is 0 Å². The lowest BCUT2D eigenvalue weighted by molar-refractivity contribution is -0.182. The first-order valence-electron chi connectivity index (χ1n) is 13.3. The summed E-state index contributed by atoms with van der Waals surface area (Å²) in [6, 6.07) is 0. The van der Waals surface area contributed by atoms with Gasteiger partial charge >= 0.3 is 11.9 Å². The van der Waals surface area contributed by atoms with Crippen LogP contribution < -0.4 is 0 Å². The molecule has 34 heavy (non-hydrogen) atoms. The van der Waals surface area contributed by atoms with Crippen molar-refractivity contribution >= 4 is 11.9 Å². The van der Waals surface area contributed by atoms with Crippen molar-refractivity contribution in [1.82, 2.24) is 0 Å². The zero-order valence-corrected chi connectivity index (χ0v) is 21.7. The Morgan fingerprint density at radius 2 is 1.76 bits per heavy atom. The van der Waals surface area contributed by atoms with Gasteiger partial charge in [0.25, 0.3) is 0 Å². The van der Waals surface area contributed by atoms with Crippen LogP contribution in [-0.2, 0) is 19.1 Å². The van der Waals surface area contributed by atoms with Gasteiger partial charge in [0.05, 0.1) is 5.41 Å². The molecule has 0 amide bonds. The van der Waals surface area contributed by atoms with E-state index in [4.69, 9.17) is 9.47 Å². The van der Waals surface area contributed by atoms with E-state index in [1.54, 1.807) is 0 Å². The first-order chi connectivity index (χ1) is 15.8. The van der Waals surface area contributed by atoms with Crippen LogP contribution in [-0.4, -0.2) is 23.6 Å². The number of hydrogen-bond donors (Lipinski definition) is 0. The minimum Gasteiger partial charge on any atom is -0.458 e. The minimum atomic E-state index is -0.697. The van der Waals surface area contributed by atoms with E-state index in [2.05, 4.69) is 52.5 Å². The molecule has 1 saturated heterocycles. The third kappa shape index (κ3) is 2.28. The number of ether oxygens (including phenoxy) is 2. The van der Waals surface area contributed by atoms with Crippen LogP contribution in [0, 0.1) is 45.3 Å². The molecule has 4 fully saturated rings. The van der Waals surface area contributed by atoms with Gasteiger partial charge in [0.15, 0.2) is 0 Å². The average Bonchev–Trinajstić information content (AvgIpc) is 3.24. The highest BCUT2D eigenvalue weighted by Crippen LogP contribution is 2.78. The molecule has 6 aliphatic rings. The van der Waals surface area contributed by atoms with Crippen molar-refractivity contribution in [3.05, 3.63) is 36.0 Å². The normalized spacial score (nSPS) is 51.5. The summed E-state index contributed by atoms with van der Waals surface area (Å²) in [5.74, 6) is 0.914. The van der Waals surface area contributed by atoms with Crippen molar-refractivity contribution in [3.63, 3.8) is 0 Å². The molecule has 4 heteroatoms. The third-order valence-corrected chi connectivity index (χ3v) is 11.8. The van der Waals surface area contributed by atoms with Gasteiger partial charge in [0, 0.05) is 24.3 Å². The van der Waals surface area contributed by atoms with Gasteiger partial charge in [0.1, 0.15) is 11.7 Å². The van der Waals surface area contributed by atoms with Gasteiger partial charge in [-0.3, -0.25) is 9.59 Å². The zero-order chi connectivity index (χ0) is 24.5. The summed E-state index contributed by atoms with van der Waals surface area (Å²) in [5.41, 5.74) is 1.05. The maximum Gasteiger partial charge on any atom is 0.314 e. The van der Waals surface area contributed by atoms with Gasteiger partial charge in [-0.15, -0.1) is 0 Å². The largest absolute Gasteiger partial charge is 0.458 e. The topological polar surface area (TPSA) is 52.6 Å². The van der Waals surface area contributed by atoms with Crippen molar-refractivity contribution in [3.8, 4) is 0 Å². The van der Waals surface area contributed by atoms with E-state index in [1.807, 2.05) is 6.92 Å². The van der Waals surface area contributed by atoms with E-state index >= 15 is 0 Å². The van der Waals surface area contributed by atoms with Gasteiger partial charge < -0.3 is 9.47 Å². The summed E-state index contributed by atoms with van der Waals surface area (Å²) in [6.45, 7) is 17.5. The predicted octanol–water partition coefficient (Wildman–Crippen LogP) is 6.17. The molecule has 0 aromatic carbocycles. The minimum absolute atomic E-state index is 0.00314. The lowest BCUT2D eigenvalue weighted by Gasteiger charge is -2.65. The van der Waals surface area contributed by atoms with Crippen molar-refractivity contribution < 1.29 is 19.1 Å². The molecule has 0 N–H and O–H groups in total. The Labute approximate surface area is 204 Å². The molecule has 184 valence electrons. The lowest BCUT2D eigenvalue weighted by atomic mass is 9.36. The quantitative estimate of drug-likeness (QED) is 0.362. The number of rotatable bonds is 2. The molecule has 9 atom stereocenters. The average molecular weight is 465 g/mol. The first-order valence-corrected chi connectivity index (χ1v) is 13.3. The molecule has 5 aliphatic carbocycles. The SMILES string of the molecule is C=C(C)[C@@H]1CC(OC(C)=O)C2=CC[C@]34C(=O)O[C@@]21[C@H]3CC[C@@H]1[C@@]2(C)C=CC(C)(C)[C@@H]2CC[C@]14C. The van der Waals surface area contributed by atoms with Gasteiger partial charge in [-0.05, 0) is 73.5 Å². The Morgan fingerprint density at radius 1 is 1.06 bits per heavy atom. The van der Waals surface area contributed by atoms with Gasteiger partial charge in [-0.2, -0.15) is 0 Å². The Kier molecular flexibility index (Phi) is 4.31.